The Morgan fingerprint density at radius 3 is 2.89 bits per heavy atom. The molecule has 1 aliphatic rings. The van der Waals surface area contributed by atoms with Crippen LogP contribution in [0, 0.1) is 5.95 Å². The molecule has 2 rings (SSSR count). The van der Waals surface area contributed by atoms with E-state index in [1.54, 1.807) is 11.0 Å². The molecule has 1 aliphatic carbocycles. The van der Waals surface area contributed by atoms with Crippen LogP contribution < -0.4 is 0 Å². The van der Waals surface area contributed by atoms with Gasteiger partial charge in [0.25, 0.3) is 5.91 Å². The van der Waals surface area contributed by atoms with Gasteiger partial charge in [-0.2, -0.15) is 4.39 Å². The summed E-state index contributed by atoms with van der Waals surface area (Å²) in [6.45, 7) is 0.500. The van der Waals surface area contributed by atoms with Gasteiger partial charge in [-0.25, -0.2) is 4.98 Å². The number of amides is 1. The quantitative estimate of drug-likeness (QED) is 0.810. The van der Waals surface area contributed by atoms with E-state index in [0.717, 1.165) is 19.3 Å². The SMILES string of the molecule is O=C(c1cccnc1F)N(CCCO)C1CCC1. The number of carbonyl (C=O) groups is 1. The second kappa shape index (κ2) is 5.91. The number of halogens is 1. The highest BCUT2D eigenvalue weighted by molar-refractivity contribution is 5.94. The van der Waals surface area contributed by atoms with Gasteiger partial charge >= 0.3 is 0 Å². The van der Waals surface area contributed by atoms with Crippen molar-refractivity contribution in [2.45, 2.75) is 31.7 Å². The Bertz CT molecular complexity index is 421. The molecule has 1 aromatic rings. The van der Waals surface area contributed by atoms with E-state index in [2.05, 4.69) is 4.98 Å². The predicted octanol–water partition coefficient (Wildman–Crippen LogP) is 1.60. The molecule has 0 saturated heterocycles. The maximum atomic E-state index is 13.5. The maximum Gasteiger partial charge on any atom is 0.258 e. The van der Waals surface area contributed by atoms with Crippen LogP contribution in [0.4, 0.5) is 4.39 Å². The number of hydrogen-bond donors (Lipinski definition) is 1. The molecular formula is C13H17FN2O2. The number of carbonyl (C=O) groups excluding carboxylic acids is 1. The van der Waals surface area contributed by atoms with E-state index < -0.39 is 5.95 Å². The number of pyridine rings is 1. The lowest BCUT2D eigenvalue weighted by atomic mass is 9.91. The van der Waals surface area contributed by atoms with Crippen LogP contribution in [0.25, 0.3) is 0 Å². The van der Waals surface area contributed by atoms with Gasteiger partial charge in [-0.3, -0.25) is 4.79 Å². The van der Waals surface area contributed by atoms with Crippen LogP contribution in [0.1, 0.15) is 36.0 Å². The van der Waals surface area contributed by atoms with E-state index in [1.807, 2.05) is 0 Å². The topological polar surface area (TPSA) is 53.4 Å². The summed E-state index contributed by atoms with van der Waals surface area (Å²) >= 11 is 0. The van der Waals surface area contributed by atoms with Crippen LogP contribution in [0.3, 0.4) is 0 Å². The van der Waals surface area contributed by atoms with Crippen LogP contribution >= 0.6 is 0 Å². The molecule has 0 radical (unpaired) electrons. The van der Waals surface area contributed by atoms with Crippen molar-refractivity contribution in [1.29, 1.82) is 0 Å². The smallest absolute Gasteiger partial charge is 0.258 e. The minimum Gasteiger partial charge on any atom is -0.396 e. The van der Waals surface area contributed by atoms with Crippen molar-refractivity contribution in [1.82, 2.24) is 9.88 Å². The summed E-state index contributed by atoms with van der Waals surface area (Å²) in [6, 6.07) is 3.19. The summed E-state index contributed by atoms with van der Waals surface area (Å²) in [5.41, 5.74) is 0.0161. The largest absolute Gasteiger partial charge is 0.396 e. The molecule has 98 valence electrons. The van der Waals surface area contributed by atoms with E-state index in [0.29, 0.717) is 13.0 Å². The van der Waals surface area contributed by atoms with E-state index in [1.165, 1.54) is 12.3 Å². The zero-order chi connectivity index (χ0) is 13.0. The average Bonchev–Trinajstić information content (AvgIpc) is 2.32. The third-order valence-corrected chi connectivity index (χ3v) is 3.32. The van der Waals surface area contributed by atoms with Gasteiger partial charge in [0.05, 0.1) is 5.56 Å². The number of rotatable bonds is 5. The van der Waals surface area contributed by atoms with Crippen LogP contribution in [-0.2, 0) is 0 Å². The van der Waals surface area contributed by atoms with Crippen molar-refractivity contribution in [3.63, 3.8) is 0 Å². The fraction of sp³-hybridized carbons (Fsp3) is 0.538. The number of aliphatic hydroxyl groups is 1. The summed E-state index contributed by atoms with van der Waals surface area (Å²) < 4.78 is 13.5. The van der Waals surface area contributed by atoms with Crippen LogP contribution in [0.15, 0.2) is 18.3 Å². The molecule has 0 bridgehead atoms. The molecule has 4 nitrogen and oxygen atoms in total. The molecule has 0 spiro atoms. The molecule has 1 amide bonds. The lowest BCUT2D eigenvalue weighted by molar-refractivity contribution is 0.0557. The van der Waals surface area contributed by atoms with Gasteiger partial charge in [0.2, 0.25) is 5.95 Å². The highest BCUT2D eigenvalue weighted by atomic mass is 19.1. The first-order chi connectivity index (χ1) is 8.74. The molecule has 5 heteroatoms. The number of hydrogen-bond acceptors (Lipinski definition) is 3. The third-order valence-electron chi connectivity index (χ3n) is 3.32. The van der Waals surface area contributed by atoms with Gasteiger partial charge in [-0.15, -0.1) is 0 Å². The Morgan fingerprint density at radius 2 is 2.33 bits per heavy atom. The molecule has 0 unspecified atom stereocenters. The van der Waals surface area contributed by atoms with E-state index in [-0.39, 0.29) is 24.1 Å². The lowest BCUT2D eigenvalue weighted by Crippen LogP contribution is -2.45. The Hall–Kier alpha value is -1.49. The molecular weight excluding hydrogens is 235 g/mol. The Labute approximate surface area is 105 Å². The first-order valence-electron chi connectivity index (χ1n) is 6.26. The van der Waals surface area contributed by atoms with Crippen molar-refractivity contribution in [2.75, 3.05) is 13.2 Å². The minimum absolute atomic E-state index is 0.0161. The fourth-order valence-electron chi connectivity index (χ4n) is 2.09. The number of nitrogens with zero attached hydrogens (tertiary/aromatic N) is 2. The van der Waals surface area contributed by atoms with Crippen molar-refractivity contribution < 1.29 is 14.3 Å². The lowest BCUT2D eigenvalue weighted by Gasteiger charge is -2.37. The van der Waals surface area contributed by atoms with Gasteiger partial charge in [-0.05, 0) is 37.8 Å². The molecule has 0 aromatic carbocycles. The average molecular weight is 252 g/mol. The Balaban J connectivity index is 2.14. The molecule has 18 heavy (non-hydrogen) atoms. The van der Waals surface area contributed by atoms with Crippen LogP contribution in [0.2, 0.25) is 0 Å². The van der Waals surface area contributed by atoms with E-state index >= 15 is 0 Å². The standard InChI is InChI=1S/C13H17FN2O2/c14-12-11(6-2-7-15-12)13(18)16(8-3-9-17)10-4-1-5-10/h2,6-7,10,17H,1,3-5,8-9H2. The Kier molecular flexibility index (Phi) is 4.25. The van der Waals surface area contributed by atoms with Gasteiger partial charge < -0.3 is 10.0 Å². The van der Waals surface area contributed by atoms with E-state index in [9.17, 15) is 9.18 Å². The Morgan fingerprint density at radius 1 is 1.56 bits per heavy atom. The molecule has 1 heterocycles. The summed E-state index contributed by atoms with van der Waals surface area (Å²) in [7, 11) is 0. The van der Waals surface area contributed by atoms with Crippen molar-refractivity contribution in [3.8, 4) is 0 Å². The van der Waals surface area contributed by atoms with Gasteiger partial charge in [0, 0.05) is 25.4 Å². The highest BCUT2D eigenvalue weighted by Gasteiger charge is 2.30. The van der Waals surface area contributed by atoms with Crippen molar-refractivity contribution in [2.24, 2.45) is 0 Å². The minimum atomic E-state index is -0.726. The molecule has 1 aromatic heterocycles. The second-order valence-corrected chi connectivity index (χ2v) is 4.50. The van der Waals surface area contributed by atoms with Gasteiger partial charge in [-0.1, -0.05) is 0 Å². The maximum absolute atomic E-state index is 13.5. The summed E-state index contributed by atoms with van der Waals surface area (Å²) in [6.07, 6.45) is 4.86. The normalized spacial score (nSPS) is 15.2. The molecule has 1 N–H and O–H groups in total. The first kappa shape index (κ1) is 13.0. The van der Waals surface area contributed by atoms with Crippen LogP contribution in [0.5, 0.6) is 0 Å². The molecule has 1 saturated carbocycles. The van der Waals surface area contributed by atoms with Gasteiger partial charge in [0.15, 0.2) is 0 Å². The van der Waals surface area contributed by atoms with Crippen LogP contribution in [-0.4, -0.2) is 40.1 Å². The van der Waals surface area contributed by atoms with Crippen molar-refractivity contribution >= 4 is 5.91 Å². The zero-order valence-corrected chi connectivity index (χ0v) is 10.2. The first-order valence-corrected chi connectivity index (χ1v) is 6.26. The monoisotopic (exact) mass is 252 g/mol. The van der Waals surface area contributed by atoms with Crippen molar-refractivity contribution in [3.05, 3.63) is 29.8 Å². The zero-order valence-electron chi connectivity index (χ0n) is 10.2. The van der Waals surface area contributed by atoms with Gasteiger partial charge in [0.1, 0.15) is 0 Å². The summed E-state index contributed by atoms with van der Waals surface area (Å²) in [4.78, 5) is 17.4. The summed E-state index contributed by atoms with van der Waals surface area (Å²) in [5.74, 6) is -1.05. The molecule has 0 aliphatic heterocycles. The molecule has 1 fully saturated rings. The number of aliphatic hydroxyl groups excluding tert-OH is 1. The number of aromatic nitrogens is 1. The highest BCUT2D eigenvalue weighted by Crippen LogP contribution is 2.26. The van der Waals surface area contributed by atoms with E-state index in [4.69, 9.17) is 5.11 Å². The summed E-state index contributed by atoms with van der Waals surface area (Å²) in [5, 5.41) is 8.87. The second-order valence-electron chi connectivity index (χ2n) is 4.50. The fourth-order valence-corrected chi connectivity index (χ4v) is 2.09. The predicted molar refractivity (Wildman–Crippen MR) is 64.6 cm³/mol. The molecule has 0 atom stereocenters. The third kappa shape index (κ3) is 2.67.